The second-order valence-electron chi connectivity index (χ2n) is 4.05. The van der Waals surface area contributed by atoms with Gasteiger partial charge in [0.1, 0.15) is 5.75 Å². The van der Waals surface area contributed by atoms with Crippen molar-refractivity contribution in [2.24, 2.45) is 0 Å². The van der Waals surface area contributed by atoms with E-state index < -0.39 is 7.12 Å². The summed E-state index contributed by atoms with van der Waals surface area (Å²) >= 11 is 0. The maximum atomic E-state index is 9.21. The van der Waals surface area contributed by atoms with Gasteiger partial charge in [-0.1, -0.05) is 13.3 Å². The molecule has 0 spiro atoms. The molecule has 1 rings (SSSR count). The van der Waals surface area contributed by atoms with Crippen LogP contribution >= 0.6 is 0 Å². The lowest BCUT2D eigenvalue weighted by Crippen LogP contribution is -2.34. The standard InChI is InChI=1S/C12H19BO3/c1-4-5-6-16-11-7-9(2)12(13(14)15)10(3)8-11/h7-8,14-15H,4-6H2,1-3H3. The van der Waals surface area contributed by atoms with Crippen LogP contribution in [0.2, 0.25) is 0 Å². The second kappa shape index (κ2) is 5.92. The molecule has 4 heteroatoms. The first-order chi connectivity index (χ1) is 7.56. The van der Waals surface area contributed by atoms with Crippen molar-refractivity contribution in [3.05, 3.63) is 23.3 Å². The van der Waals surface area contributed by atoms with Crippen LogP contribution in [-0.2, 0) is 0 Å². The third kappa shape index (κ3) is 3.25. The van der Waals surface area contributed by atoms with E-state index in [0.29, 0.717) is 12.1 Å². The number of unbranched alkanes of at least 4 members (excludes halogenated alkanes) is 1. The summed E-state index contributed by atoms with van der Waals surface area (Å²) in [6.45, 7) is 6.53. The van der Waals surface area contributed by atoms with Crippen LogP contribution in [0.1, 0.15) is 30.9 Å². The molecule has 0 bridgehead atoms. The highest BCUT2D eigenvalue weighted by Gasteiger charge is 2.17. The van der Waals surface area contributed by atoms with E-state index in [1.165, 1.54) is 0 Å². The number of aryl methyl sites for hydroxylation is 2. The van der Waals surface area contributed by atoms with E-state index in [0.717, 1.165) is 29.7 Å². The van der Waals surface area contributed by atoms with Crippen LogP contribution in [-0.4, -0.2) is 23.8 Å². The maximum Gasteiger partial charge on any atom is 0.488 e. The van der Waals surface area contributed by atoms with Crippen molar-refractivity contribution < 1.29 is 14.8 Å². The summed E-state index contributed by atoms with van der Waals surface area (Å²) in [7, 11) is -1.41. The van der Waals surface area contributed by atoms with E-state index in [1.54, 1.807) is 0 Å². The van der Waals surface area contributed by atoms with Gasteiger partial charge in [-0.3, -0.25) is 0 Å². The summed E-state index contributed by atoms with van der Waals surface area (Å²) < 4.78 is 5.58. The van der Waals surface area contributed by atoms with Gasteiger partial charge in [0.15, 0.2) is 0 Å². The first-order valence-corrected chi connectivity index (χ1v) is 5.66. The van der Waals surface area contributed by atoms with E-state index in [4.69, 9.17) is 4.74 Å². The van der Waals surface area contributed by atoms with E-state index in [2.05, 4.69) is 6.92 Å². The Morgan fingerprint density at radius 3 is 2.19 bits per heavy atom. The lowest BCUT2D eigenvalue weighted by Gasteiger charge is -2.12. The number of hydrogen-bond donors (Lipinski definition) is 2. The minimum Gasteiger partial charge on any atom is -0.494 e. The van der Waals surface area contributed by atoms with E-state index >= 15 is 0 Å². The van der Waals surface area contributed by atoms with Crippen LogP contribution in [0.5, 0.6) is 5.75 Å². The van der Waals surface area contributed by atoms with E-state index in [9.17, 15) is 10.0 Å². The normalized spacial score (nSPS) is 10.3. The Kier molecular flexibility index (Phi) is 4.84. The molecule has 0 aliphatic carbocycles. The SMILES string of the molecule is CCCCOc1cc(C)c(B(O)O)c(C)c1. The third-order valence-corrected chi connectivity index (χ3v) is 2.59. The Bertz CT molecular complexity index is 327. The van der Waals surface area contributed by atoms with Gasteiger partial charge < -0.3 is 14.8 Å². The molecule has 0 atom stereocenters. The zero-order valence-electron chi connectivity index (χ0n) is 10.2. The Labute approximate surface area is 97.2 Å². The van der Waals surface area contributed by atoms with Crippen molar-refractivity contribution in [3.8, 4) is 5.75 Å². The fourth-order valence-electron chi connectivity index (χ4n) is 1.76. The van der Waals surface area contributed by atoms with Crippen LogP contribution in [0.3, 0.4) is 0 Å². The molecule has 0 aliphatic rings. The Morgan fingerprint density at radius 1 is 1.19 bits per heavy atom. The summed E-state index contributed by atoms with van der Waals surface area (Å²) in [5, 5.41) is 18.4. The Morgan fingerprint density at radius 2 is 1.75 bits per heavy atom. The average molecular weight is 222 g/mol. The molecule has 0 aliphatic heterocycles. The zero-order chi connectivity index (χ0) is 12.1. The lowest BCUT2D eigenvalue weighted by atomic mass is 9.74. The monoisotopic (exact) mass is 222 g/mol. The van der Waals surface area contributed by atoms with Crippen molar-refractivity contribution in [2.45, 2.75) is 33.6 Å². The number of ether oxygens (including phenoxy) is 1. The fraction of sp³-hybridized carbons (Fsp3) is 0.500. The van der Waals surface area contributed by atoms with Crippen LogP contribution < -0.4 is 10.2 Å². The highest BCUT2D eigenvalue weighted by molar-refractivity contribution is 6.59. The van der Waals surface area contributed by atoms with Crippen LogP contribution in [0.15, 0.2) is 12.1 Å². The van der Waals surface area contributed by atoms with Gasteiger partial charge in [0.05, 0.1) is 6.61 Å². The quantitative estimate of drug-likeness (QED) is 0.580. The number of hydrogen-bond acceptors (Lipinski definition) is 3. The molecular formula is C12H19BO3. The average Bonchev–Trinajstić information content (AvgIpc) is 2.16. The molecule has 16 heavy (non-hydrogen) atoms. The minimum atomic E-state index is -1.41. The van der Waals surface area contributed by atoms with Gasteiger partial charge in [-0.25, -0.2) is 0 Å². The first-order valence-electron chi connectivity index (χ1n) is 5.66. The highest BCUT2D eigenvalue weighted by atomic mass is 16.5. The van der Waals surface area contributed by atoms with E-state index in [-0.39, 0.29) is 0 Å². The van der Waals surface area contributed by atoms with Gasteiger partial charge >= 0.3 is 7.12 Å². The van der Waals surface area contributed by atoms with Crippen molar-refractivity contribution in [1.82, 2.24) is 0 Å². The van der Waals surface area contributed by atoms with Crippen molar-refractivity contribution in [1.29, 1.82) is 0 Å². The predicted molar refractivity (Wildman–Crippen MR) is 66.1 cm³/mol. The molecule has 0 heterocycles. The first kappa shape index (κ1) is 13.1. The molecule has 0 saturated carbocycles. The number of rotatable bonds is 5. The minimum absolute atomic E-state index is 0.572. The van der Waals surface area contributed by atoms with Gasteiger partial charge in [-0.2, -0.15) is 0 Å². The molecular weight excluding hydrogens is 203 g/mol. The molecule has 88 valence electrons. The van der Waals surface area contributed by atoms with Crippen molar-refractivity contribution in [3.63, 3.8) is 0 Å². The summed E-state index contributed by atoms with van der Waals surface area (Å²) in [5.41, 5.74) is 2.27. The van der Waals surface area contributed by atoms with Crippen LogP contribution in [0, 0.1) is 13.8 Å². The molecule has 0 saturated heterocycles. The topological polar surface area (TPSA) is 49.7 Å². The van der Waals surface area contributed by atoms with Crippen LogP contribution in [0.4, 0.5) is 0 Å². The summed E-state index contributed by atoms with van der Waals surface area (Å²) in [6.07, 6.45) is 2.13. The molecule has 0 amide bonds. The molecule has 3 nitrogen and oxygen atoms in total. The summed E-state index contributed by atoms with van der Waals surface area (Å²) in [5.74, 6) is 0.799. The summed E-state index contributed by atoms with van der Waals surface area (Å²) in [6, 6.07) is 3.69. The third-order valence-electron chi connectivity index (χ3n) is 2.59. The zero-order valence-corrected chi connectivity index (χ0v) is 10.2. The van der Waals surface area contributed by atoms with Gasteiger partial charge in [-0.05, 0) is 49.0 Å². The molecule has 0 unspecified atom stereocenters. The highest BCUT2D eigenvalue weighted by Crippen LogP contribution is 2.15. The number of benzene rings is 1. The molecule has 0 aromatic heterocycles. The Hall–Kier alpha value is -0.995. The molecule has 1 aromatic carbocycles. The molecule has 0 radical (unpaired) electrons. The fourth-order valence-corrected chi connectivity index (χ4v) is 1.76. The maximum absolute atomic E-state index is 9.21. The smallest absolute Gasteiger partial charge is 0.488 e. The van der Waals surface area contributed by atoms with E-state index in [1.807, 2.05) is 26.0 Å². The van der Waals surface area contributed by atoms with Gasteiger partial charge in [0.2, 0.25) is 0 Å². The Balaban J connectivity index is 2.83. The molecule has 1 aromatic rings. The van der Waals surface area contributed by atoms with Crippen LogP contribution in [0.25, 0.3) is 0 Å². The largest absolute Gasteiger partial charge is 0.494 e. The van der Waals surface area contributed by atoms with Crippen molar-refractivity contribution in [2.75, 3.05) is 6.61 Å². The second-order valence-corrected chi connectivity index (χ2v) is 4.05. The van der Waals surface area contributed by atoms with Gasteiger partial charge in [-0.15, -0.1) is 0 Å². The molecule has 0 fully saturated rings. The predicted octanol–water partition coefficient (Wildman–Crippen LogP) is 1.16. The summed E-state index contributed by atoms with van der Waals surface area (Å²) in [4.78, 5) is 0. The lowest BCUT2D eigenvalue weighted by molar-refractivity contribution is 0.309. The molecule has 2 N–H and O–H groups in total. The van der Waals surface area contributed by atoms with Crippen molar-refractivity contribution >= 4 is 12.6 Å². The van der Waals surface area contributed by atoms with Gasteiger partial charge in [0.25, 0.3) is 0 Å². The van der Waals surface area contributed by atoms with Gasteiger partial charge in [0, 0.05) is 0 Å².